The summed E-state index contributed by atoms with van der Waals surface area (Å²) in [5.41, 5.74) is 3.35. The maximum Gasteiger partial charge on any atom is 0.161 e. The van der Waals surface area contributed by atoms with Gasteiger partial charge in [0.1, 0.15) is 12.4 Å². The normalized spacial score (nSPS) is 10.2. The molecule has 0 aliphatic carbocycles. The lowest BCUT2D eigenvalue weighted by Crippen LogP contribution is -2.10. The molecule has 1 aromatic carbocycles. The van der Waals surface area contributed by atoms with Gasteiger partial charge >= 0.3 is 0 Å². The van der Waals surface area contributed by atoms with Gasteiger partial charge in [-0.05, 0) is 37.5 Å². The number of rotatable bonds is 5. The quantitative estimate of drug-likeness (QED) is 0.828. The molecular formula is C13H18O3. The number of hydrogen-bond donors (Lipinski definition) is 1. The van der Waals surface area contributed by atoms with Crippen LogP contribution < -0.4 is 4.74 Å². The first-order chi connectivity index (χ1) is 7.56. The average Bonchev–Trinajstić information content (AvgIpc) is 2.28. The Kier molecular flexibility index (Phi) is 4.50. The smallest absolute Gasteiger partial charge is 0.161 e. The Hall–Kier alpha value is -1.35. The van der Waals surface area contributed by atoms with E-state index >= 15 is 0 Å². The Labute approximate surface area is 96.1 Å². The molecule has 3 nitrogen and oxygen atoms in total. The van der Waals surface area contributed by atoms with Crippen molar-refractivity contribution in [2.75, 3.05) is 13.2 Å². The minimum absolute atomic E-state index is 0.192. The average molecular weight is 222 g/mol. The standard InChI is InChI=1S/C13H18O3/c1-9-4-5-10(2)13(11(9)3)16-7-6-12(15)8-14/h4-5,14H,6-8H2,1-3H3. The first kappa shape index (κ1) is 12.7. The van der Waals surface area contributed by atoms with Crippen LogP contribution in [-0.4, -0.2) is 24.1 Å². The van der Waals surface area contributed by atoms with Crippen LogP contribution in [0.3, 0.4) is 0 Å². The Morgan fingerprint density at radius 3 is 2.50 bits per heavy atom. The highest BCUT2D eigenvalue weighted by atomic mass is 16.5. The molecule has 0 saturated heterocycles. The third-order valence-electron chi connectivity index (χ3n) is 2.68. The van der Waals surface area contributed by atoms with Crippen molar-refractivity contribution in [2.24, 2.45) is 0 Å². The highest BCUT2D eigenvalue weighted by Gasteiger charge is 2.07. The minimum atomic E-state index is -0.408. The summed E-state index contributed by atoms with van der Waals surface area (Å²) in [4.78, 5) is 10.9. The fraction of sp³-hybridized carbons (Fsp3) is 0.462. The third kappa shape index (κ3) is 3.07. The van der Waals surface area contributed by atoms with E-state index in [2.05, 4.69) is 6.07 Å². The summed E-state index contributed by atoms with van der Waals surface area (Å²) in [6.07, 6.45) is 0.253. The monoisotopic (exact) mass is 222 g/mol. The molecule has 1 N–H and O–H groups in total. The molecule has 0 radical (unpaired) electrons. The van der Waals surface area contributed by atoms with Crippen molar-refractivity contribution >= 4 is 5.78 Å². The van der Waals surface area contributed by atoms with Gasteiger partial charge in [0.15, 0.2) is 5.78 Å². The van der Waals surface area contributed by atoms with E-state index in [-0.39, 0.29) is 12.2 Å². The van der Waals surface area contributed by atoms with E-state index in [0.717, 1.165) is 16.9 Å². The molecule has 16 heavy (non-hydrogen) atoms. The number of hydrogen-bond acceptors (Lipinski definition) is 3. The van der Waals surface area contributed by atoms with Crippen molar-refractivity contribution in [1.82, 2.24) is 0 Å². The molecule has 0 aromatic heterocycles. The van der Waals surface area contributed by atoms with Gasteiger partial charge in [0.25, 0.3) is 0 Å². The molecule has 0 aliphatic rings. The van der Waals surface area contributed by atoms with Gasteiger partial charge in [0.05, 0.1) is 6.61 Å². The van der Waals surface area contributed by atoms with Crippen molar-refractivity contribution in [2.45, 2.75) is 27.2 Å². The number of carbonyl (C=O) groups is 1. The van der Waals surface area contributed by atoms with E-state index in [4.69, 9.17) is 9.84 Å². The van der Waals surface area contributed by atoms with E-state index in [1.165, 1.54) is 5.56 Å². The van der Waals surface area contributed by atoms with Crippen molar-refractivity contribution < 1.29 is 14.6 Å². The van der Waals surface area contributed by atoms with Gasteiger partial charge in [0.2, 0.25) is 0 Å². The zero-order valence-corrected chi connectivity index (χ0v) is 10.0. The first-order valence-corrected chi connectivity index (χ1v) is 5.38. The number of aliphatic hydroxyl groups is 1. The molecule has 0 atom stereocenters. The Morgan fingerprint density at radius 1 is 1.25 bits per heavy atom. The number of aliphatic hydroxyl groups excluding tert-OH is 1. The molecule has 0 unspecified atom stereocenters. The number of carbonyl (C=O) groups excluding carboxylic acids is 1. The second-order valence-corrected chi connectivity index (χ2v) is 3.95. The van der Waals surface area contributed by atoms with E-state index < -0.39 is 6.61 Å². The van der Waals surface area contributed by atoms with Crippen LogP contribution >= 0.6 is 0 Å². The number of benzene rings is 1. The highest BCUT2D eigenvalue weighted by Crippen LogP contribution is 2.25. The predicted octanol–water partition coefficient (Wildman–Crippen LogP) is 1.94. The minimum Gasteiger partial charge on any atom is -0.493 e. The zero-order chi connectivity index (χ0) is 12.1. The lowest BCUT2D eigenvalue weighted by Gasteiger charge is -2.13. The molecular weight excluding hydrogens is 204 g/mol. The van der Waals surface area contributed by atoms with Crippen LogP contribution in [0, 0.1) is 20.8 Å². The molecule has 1 rings (SSSR count). The molecule has 0 spiro atoms. The van der Waals surface area contributed by atoms with E-state index in [0.29, 0.717) is 6.61 Å². The molecule has 0 aliphatic heterocycles. The summed E-state index contributed by atoms with van der Waals surface area (Å²) >= 11 is 0. The van der Waals surface area contributed by atoms with Crippen molar-refractivity contribution in [3.05, 3.63) is 28.8 Å². The molecule has 0 bridgehead atoms. The van der Waals surface area contributed by atoms with Crippen LogP contribution in [0.5, 0.6) is 5.75 Å². The lowest BCUT2D eigenvalue weighted by molar-refractivity contribution is -0.122. The Morgan fingerprint density at radius 2 is 1.88 bits per heavy atom. The van der Waals surface area contributed by atoms with Gasteiger partial charge in [-0.3, -0.25) is 4.79 Å². The van der Waals surface area contributed by atoms with Gasteiger partial charge < -0.3 is 9.84 Å². The molecule has 0 saturated carbocycles. The molecule has 0 heterocycles. The van der Waals surface area contributed by atoms with Crippen molar-refractivity contribution in [1.29, 1.82) is 0 Å². The van der Waals surface area contributed by atoms with E-state index in [1.54, 1.807) is 0 Å². The zero-order valence-electron chi connectivity index (χ0n) is 10.0. The summed E-state index contributed by atoms with van der Waals surface area (Å²) in [6.45, 7) is 5.93. The predicted molar refractivity (Wildman–Crippen MR) is 62.9 cm³/mol. The van der Waals surface area contributed by atoms with Gasteiger partial charge in [0, 0.05) is 6.42 Å². The van der Waals surface area contributed by atoms with Gasteiger partial charge in [-0.1, -0.05) is 12.1 Å². The van der Waals surface area contributed by atoms with Crippen LogP contribution in [0.25, 0.3) is 0 Å². The number of ketones is 1. The third-order valence-corrected chi connectivity index (χ3v) is 2.68. The fourth-order valence-corrected chi connectivity index (χ4v) is 1.49. The first-order valence-electron chi connectivity index (χ1n) is 5.38. The maximum atomic E-state index is 10.9. The van der Waals surface area contributed by atoms with Crippen molar-refractivity contribution in [3.63, 3.8) is 0 Å². The maximum absolute atomic E-state index is 10.9. The van der Waals surface area contributed by atoms with Crippen LogP contribution in [0.15, 0.2) is 12.1 Å². The molecule has 88 valence electrons. The molecule has 3 heteroatoms. The van der Waals surface area contributed by atoms with Crippen LogP contribution in [0.2, 0.25) is 0 Å². The topological polar surface area (TPSA) is 46.5 Å². The van der Waals surface area contributed by atoms with Crippen molar-refractivity contribution in [3.8, 4) is 5.75 Å². The van der Waals surface area contributed by atoms with Gasteiger partial charge in [-0.2, -0.15) is 0 Å². The Balaban J connectivity index is 2.67. The molecule has 1 aromatic rings. The number of ether oxygens (including phenoxy) is 1. The van der Waals surface area contributed by atoms with Crippen LogP contribution in [-0.2, 0) is 4.79 Å². The largest absolute Gasteiger partial charge is 0.493 e. The van der Waals surface area contributed by atoms with Crippen LogP contribution in [0.1, 0.15) is 23.1 Å². The van der Waals surface area contributed by atoms with E-state index in [1.807, 2.05) is 26.8 Å². The second-order valence-electron chi connectivity index (χ2n) is 3.95. The van der Waals surface area contributed by atoms with Gasteiger partial charge in [-0.25, -0.2) is 0 Å². The second kappa shape index (κ2) is 5.66. The summed E-state index contributed by atoms with van der Waals surface area (Å²) in [5.74, 6) is 0.661. The SMILES string of the molecule is Cc1ccc(C)c(OCCC(=O)CO)c1C. The summed E-state index contributed by atoms with van der Waals surface area (Å²) in [7, 11) is 0. The summed E-state index contributed by atoms with van der Waals surface area (Å²) < 4.78 is 5.59. The highest BCUT2D eigenvalue weighted by molar-refractivity contribution is 5.79. The lowest BCUT2D eigenvalue weighted by atomic mass is 10.1. The number of aryl methyl sites for hydroxylation is 2. The molecule has 0 amide bonds. The number of Topliss-reactive ketones (excluding diaryl/α,β-unsaturated/α-hetero) is 1. The Bertz CT molecular complexity index is 383. The summed E-state index contributed by atoms with van der Waals surface area (Å²) in [6, 6.07) is 4.06. The molecule has 0 fully saturated rings. The fourth-order valence-electron chi connectivity index (χ4n) is 1.49. The summed E-state index contributed by atoms with van der Waals surface area (Å²) in [5, 5.41) is 8.58. The van der Waals surface area contributed by atoms with Crippen LogP contribution in [0.4, 0.5) is 0 Å². The van der Waals surface area contributed by atoms with Gasteiger partial charge in [-0.15, -0.1) is 0 Å². The van der Waals surface area contributed by atoms with E-state index in [9.17, 15) is 4.79 Å².